The molecule has 82 valence electrons. The second kappa shape index (κ2) is 4.63. The van der Waals surface area contributed by atoms with Gasteiger partial charge in [0.2, 0.25) is 0 Å². The van der Waals surface area contributed by atoms with E-state index in [4.69, 9.17) is 0 Å². The molecule has 2 atom stereocenters. The molecule has 0 amide bonds. The summed E-state index contributed by atoms with van der Waals surface area (Å²) >= 11 is 0. The zero-order chi connectivity index (χ0) is 9.97. The van der Waals surface area contributed by atoms with Gasteiger partial charge in [0.15, 0.2) is 0 Å². The van der Waals surface area contributed by atoms with Gasteiger partial charge in [-0.05, 0) is 44.8 Å². The molecule has 0 bridgehead atoms. The summed E-state index contributed by atoms with van der Waals surface area (Å²) in [5, 5.41) is 3.49. The van der Waals surface area contributed by atoms with Gasteiger partial charge in [-0.1, -0.05) is 19.8 Å². The minimum atomic E-state index is 0.874. The van der Waals surface area contributed by atoms with Gasteiger partial charge in [-0.2, -0.15) is 0 Å². The normalized spacial score (nSPS) is 34.5. The quantitative estimate of drug-likeness (QED) is 0.739. The van der Waals surface area contributed by atoms with Crippen LogP contribution in [0.5, 0.6) is 0 Å². The van der Waals surface area contributed by atoms with Gasteiger partial charge < -0.3 is 10.2 Å². The molecule has 1 saturated carbocycles. The first kappa shape index (κ1) is 10.4. The zero-order valence-electron chi connectivity index (χ0n) is 9.63. The van der Waals surface area contributed by atoms with Crippen molar-refractivity contribution in [3.8, 4) is 0 Å². The Bertz CT molecular complexity index is 175. The number of hydrogen-bond acceptors (Lipinski definition) is 2. The lowest BCUT2D eigenvalue weighted by molar-refractivity contribution is 0.198. The molecule has 1 aliphatic heterocycles. The molecule has 14 heavy (non-hydrogen) atoms. The lowest BCUT2D eigenvalue weighted by Gasteiger charge is -2.28. The minimum Gasteiger partial charge on any atom is -0.316 e. The van der Waals surface area contributed by atoms with Gasteiger partial charge in [0.25, 0.3) is 0 Å². The summed E-state index contributed by atoms with van der Waals surface area (Å²) in [7, 11) is 2.32. The van der Waals surface area contributed by atoms with Crippen LogP contribution in [0.4, 0.5) is 0 Å². The van der Waals surface area contributed by atoms with Crippen LogP contribution in [0.25, 0.3) is 0 Å². The van der Waals surface area contributed by atoms with Crippen molar-refractivity contribution in [1.29, 1.82) is 0 Å². The summed E-state index contributed by atoms with van der Waals surface area (Å²) in [6, 6.07) is 0.891. The van der Waals surface area contributed by atoms with Crippen molar-refractivity contribution in [2.45, 2.75) is 38.6 Å². The third-order valence-electron chi connectivity index (χ3n) is 4.15. The van der Waals surface area contributed by atoms with Crippen LogP contribution >= 0.6 is 0 Å². The Kier molecular flexibility index (Phi) is 3.45. The molecule has 2 heteroatoms. The fourth-order valence-corrected chi connectivity index (χ4v) is 2.97. The second-order valence-electron chi connectivity index (χ2n) is 5.27. The highest BCUT2D eigenvalue weighted by molar-refractivity contribution is 4.83. The predicted molar refractivity (Wildman–Crippen MR) is 60.4 cm³/mol. The molecule has 0 spiro atoms. The van der Waals surface area contributed by atoms with E-state index in [1.807, 2.05) is 0 Å². The molecule has 1 heterocycles. The predicted octanol–water partition coefficient (Wildman–Crippen LogP) is 1.72. The smallest absolute Gasteiger partial charge is 0.00923 e. The van der Waals surface area contributed by atoms with Crippen LogP contribution in [-0.4, -0.2) is 37.6 Å². The van der Waals surface area contributed by atoms with Crippen LogP contribution in [0.2, 0.25) is 0 Å². The van der Waals surface area contributed by atoms with Crippen LogP contribution in [0, 0.1) is 11.8 Å². The molecule has 2 unspecified atom stereocenters. The Balaban J connectivity index is 1.78. The van der Waals surface area contributed by atoms with Crippen LogP contribution in [0.1, 0.15) is 32.6 Å². The van der Waals surface area contributed by atoms with E-state index >= 15 is 0 Å². The minimum absolute atomic E-state index is 0.874. The highest BCUT2D eigenvalue weighted by atomic mass is 15.1. The summed E-state index contributed by atoms with van der Waals surface area (Å²) in [6.07, 6.45) is 5.77. The van der Waals surface area contributed by atoms with Gasteiger partial charge in [0, 0.05) is 12.6 Å². The highest BCUT2D eigenvalue weighted by Crippen LogP contribution is 2.25. The average molecular weight is 196 g/mol. The molecule has 2 aliphatic rings. The number of rotatable bonds is 3. The fraction of sp³-hybridized carbons (Fsp3) is 1.00. The highest BCUT2D eigenvalue weighted by Gasteiger charge is 2.27. The molecule has 0 aromatic carbocycles. The van der Waals surface area contributed by atoms with Crippen molar-refractivity contribution < 1.29 is 0 Å². The maximum absolute atomic E-state index is 3.49. The summed E-state index contributed by atoms with van der Waals surface area (Å²) in [5.74, 6) is 1.76. The molecule has 2 fully saturated rings. The molecule has 1 N–H and O–H groups in total. The van der Waals surface area contributed by atoms with E-state index in [1.165, 1.54) is 45.3 Å². The van der Waals surface area contributed by atoms with Crippen molar-refractivity contribution in [3.05, 3.63) is 0 Å². The Labute approximate surface area is 88.1 Å². The van der Waals surface area contributed by atoms with Crippen LogP contribution in [0.15, 0.2) is 0 Å². The Hall–Kier alpha value is -0.0800. The molecule has 1 aliphatic carbocycles. The lowest BCUT2D eigenvalue weighted by atomic mass is 9.97. The van der Waals surface area contributed by atoms with E-state index in [0.29, 0.717) is 0 Å². The number of nitrogens with one attached hydrogen (secondary N) is 1. The van der Waals surface area contributed by atoms with Crippen molar-refractivity contribution in [2.24, 2.45) is 11.8 Å². The lowest BCUT2D eigenvalue weighted by Crippen LogP contribution is -2.35. The Morgan fingerprint density at radius 3 is 2.50 bits per heavy atom. The number of hydrogen-bond donors (Lipinski definition) is 1. The maximum atomic E-state index is 3.49. The largest absolute Gasteiger partial charge is 0.316 e. The first-order valence-corrected chi connectivity index (χ1v) is 6.18. The molecule has 0 aromatic heterocycles. The van der Waals surface area contributed by atoms with E-state index < -0.39 is 0 Å². The van der Waals surface area contributed by atoms with Crippen LogP contribution in [-0.2, 0) is 0 Å². The molecule has 1 saturated heterocycles. The Morgan fingerprint density at radius 1 is 1.21 bits per heavy atom. The topological polar surface area (TPSA) is 15.3 Å². The average Bonchev–Trinajstić information content (AvgIpc) is 2.77. The van der Waals surface area contributed by atoms with Gasteiger partial charge in [-0.25, -0.2) is 0 Å². The van der Waals surface area contributed by atoms with E-state index in [1.54, 1.807) is 0 Å². The summed E-state index contributed by atoms with van der Waals surface area (Å²) in [5.41, 5.74) is 0. The van der Waals surface area contributed by atoms with Crippen molar-refractivity contribution >= 4 is 0 Å². The first-order valence-electron chi connectivity index (χ1n) is 6.18. The monoisotopic (exact) mass is 196 g/mol. The SMILES string of the molecule is CC1CNCC1CN(C)C1CCCC1. The summed E-state index contributed by atoms with van der Waals surface area (Å²) in [4.78, 5) is 2.61. The molecule has 2 rings (SSSR count). The Morgan fingerprint density at radius 2 is 1.93 bits per heavy atom. The maximum Gasteiger partial charge on any atom is 0.00923 e. The van der Waals surface area contributed by atoms with E-state index in [2.05, 4.69) is 24.2 Å². The van der Waals surface area contributed by atoms with Gasteiger partial charge >= 0.3 is 0 Å². The van der Waals surface area contributed by atoms with E-state index in [9.17, 15) is 0 Å². The van der Waals surface area contributed by atoms with Crippen molar-refractivity contribution in [3.63, 3.8) is 0 Å². The van der Waals surface area contributed by atoms with Crippen LogP contribution < -0.4 is 5.32 Å². The first-order chi connectivity index (χ1) is 6.77. The van der Waals surface area contributed by atoms with Crippen molar-refractivity contribution in [1.82, 2.24) is 10.2 Å². The van der Waals surface area contributed by atoms with Crippen LogP contribution in [0.3, 0.4) is 0 Å². The third-order valence-corrected chi connectivity index (χ3v) is 4.15. The van der Waals surface area contributed by atoms with E-state index in [-0.39, 0.29) is 0 Å². The molecular formula is C12H24N2. The molecule has 0 aromatic rings. The molecule has 0 radical (unpaired) electrons. The van der Waals surface area contributed by atoms with Gasteiger partial charge in [0.05, 0.1) is 0 Å². The molecule has 2 nitrogen and oxygen atoms in total. The molecular weight excluding hydrogens is 172 g/mol. The van der Waals surface area contributed by atoms with E-state index in [0.717, 1.165) is 17.9 Å². The summed E-state index contributed by atoms with van der Waals surface area (Å²) < 4.78 is 0. The standard InChI is InChI=1S/C12H24N2/c1-10-7-13-8-11(10)9-14(2)12-5-3-4-6-12/h10-13H,3-9H2,1-2H3. The summed E-state index contributed by atoms with van der Waals surface area (Å²) in [6.45, 7) is 6.15. The van der Waals surface area contributed by atoms with Gasteiger partial charge in [0.1, 0.15) is 0 Å². The fourth-order valence-electron chi connectivity index (χ4n) is 2.97. The van der Waals surface area contributed by atoms with Gasteiger partial charge in [-0.3, -0.25) is 0 Å². The van der Waals surface area contributed by atoms with Crippen molar-refractivity contribution in [2.75, 3.05) is 26.7 Å². The zero-order valence-corrected chi connectivity index (χ0v) is 9.63. The number of nitrogens with zero attached hydrogens (tertiary/aromatic N) is 1. The third kappa shape index (κ3) is 2.29. The second-order valence-corrected chi connectivity index (χ2v) is 5.27. The van der Waals surface area contributed by atoms with Gasteiger partial charge in [-0.15, -0.1) is 0 Å².